The van der Waals surface area contributed by atoms with Gasteiger partial charge in [-0.3, -0.25) is 0 Å². The lowest BCUT2D eigenvalue weighted by atomic mass is 9.62. The minimum Gasteiger partial charge on any atom is -0.309 e. The maximum Gasteiger partial charge on any atom is 0.0541 e. The Morgan fingerprint density at radius 2 is 1.41 bits per heavy atom. The molecule has 0 saturated carbocycles. The molecule has 0 aliphatic heterocycles. The molecule has 8 aromatic rings. The number of aromatic nitrogens is 1. The van der Waals surface area contributed by atoms with Crippen molar-refractivity contribution in [2.24, 2.45) is 5.41 Å². The van der Waals surface area contributed by atoms with Crippen molar-refractivity contribution in [3.63, 3.8) is 0 Å². The van der Waals surface area contributed by atoms with Crippen LogP contribution in [0.3, 0.4) is 0 Å². The molecular formula is C52H39NS. The first kappa shape index (κ1) is 32.4. The Morgan fingerprint density at radius 3 is 2.22 bits per heavy atom. The monoisotopic (exact) mass is 709 g/mol. The zero-order chi connectivity index (χ0) is 36.4. The fourth-order valence-electron chi connectivity index (χ4n) is 9.17. The Labute approximate surface area is 320 Å². The number of hydrogen-bond donors (Lipinski definition) is 0. The third-order valence-corrected chi connectivity index (χ3v) is 12.8. The van der Waals surface area contributed by atoms with Crippen LogP contribution in [0.2, 0.25) is 0 Å². The molecule has 0 radical (unpaired) electrons. The van der Waals surface area contributed by atoms with Crippen LogP contribution in [-0.2, 0) is 0 Å². The van der Waals surface area contributed by atoms with Gasteiger partial charge in [0.1, 0.15) is 0 Å². The van der Waals surface area contributed by atoms with Crippen LogP contribution in [0.1, 0.15) is 41.8 Å². The molecule has 0 spiro atoms. The van der Waals surface area contributed by atoms with Gasteiger partial charge < -0.3 is 4.57 Å². The van der Waals surface area contributed by atoms with E-state index in [0.29, 0.717) is 0 Å². The maximum atomic E-state index is 4.15. The van der Waals surface area contributed by atoms with Crippen LogP contribution >= 0.6 is 11.3 Å². The summed E-state index contributed by atoms with van der Waals surface area (Å²) in [5, 5.41) is 6.40. The van der Waals surface area contributed by atoms with Crippen molar-refractivity contribution in [3.8, 4) is 16.8 Å². The highest BCUT2D eigenvalue weighted by Gasteiger charge is 2.39. The van der Waals surface area contributed by atoms with E-state index < -0.39 is 0 Å². The van der Waals surface area contributed by atoms with E-state index in [9.17, 15) is 0 Å². The fourth-order valence-corrected chi connectivity index (χ4v) is 10.5. The normalized spacial score (nSPS) is 16.7. The minimum atomic E-state index is -0.162. The average Bonchev–Trinajstić information content (AvgIpc) is 3.75. The Kier molecular flexibility index (Phi) is 7.64. The van der Waals surface area contributed by atoms with E-state index in [2.05, 4.69) is 195 Å². The highest BCUT2D eigenvalue weighted by molar-refractivity contribution is 7.20. The molecule has 10 rings (SSSR count). The van der Waals surface area contributed by atoms with E-state index in [1.54, 1.807) is 0 Å². The summed E-state index contributed by atoms with van der Waals surface area (Å²) in [5.74, 6) is 0. The molecule has 2 heteroatoms. The van der Waals surface area contributed by atoms with E-state index in [4.69, 9.17) is 0 Å². The first-order valence-corrected chi connectivity index (χ1v) is 19.6. The van der Waals surface area contributed by atoms with Crippen molar-refractivity contribution < 1.29 is 0 Å². The summed E-state index contributed by atoms with van der Waals surface area (Å²) in [6.07, 6.45) is 14.2. The average molecular weight is 710 g/mol. The molecule has 2 aliphatic carbocycles. The van der Waals surface area contributed by atoms with Gasteiger partial charge in [-0.05, 0) is 105 Å². The van der Waals surface area contributed by atoms with Gasteiger partial charge in [0.05, 0.1) is 11.0 Å². The molecule has 0 fully saturated rings. The second-order valence-electron chi connectivity index (χ2n) is 14.6. The topological polar surface area (TPSA) is 4.93 Å². The molecule has 2 heterocycles. The number of benzene rings is 6. The van der Waals surface area contributed by atoms with Crippen LogP contribution in [-0.4, -0.2) is 4.57 Å². The number of hydrogen-bond acceptors (Lipinski definition) is 1. The molecule has 2 aliphatic rings. The number of para-hydroxylation sites is 1. The summed E-state index contributed by atoms with van der Waals surface area (Å²) in [4.78, 5) is 1.25. The Hall–Kier alpha value is -6.22. The predicted octanol–water partition coefficient (Wildman–Crippen LogP) is 12.6. The molecule has 0 amide bonds. The van der Waals surface area contributed by atoms with Crippen molar-refractivity contribution in [2.75, 3.05) is 0 Å². The second-order valence-corrected chi connectivity index (χ2v) is 15.7. The molecule has 0 N–H and O–H groups in total. The van der Waals surface area contributed by atoms with Gasteiger partial charge in [-0.2, -0.15) is 0 Å². The van der Waals surface area contributed by atoms with Crippen molar-refractivity contribution in [3.05, 3.63) is 208 Å². The van der Waals surface area contributed by atoms with Gasteiger partial charge in [-0.1, -0.05) is 153 Å². The molecule has 1 unspecified atom stereocenters. The summed E-state index contributed by atoms with van der Waals surface area (Å²) < 4.78 is 3.73. The van der Waals surface area contributed by atoms with E-state index in [-0.39, 0.29) is 5.41 Å². The lowest BCUT2D eigenvalue weighted by molar-refractivity contribution is 0.547. The Bertz CT molecular complexity index is 3040. The van der Waals surface area contributed by atoms with Gasteiger partial charge in [0.25, 0.3) is 0 Å². The summed E-state index contributed by atoms with van der Waals surface area (Å²) in [6.45, 7) is 8.66. The summed E-state index contributed by atoms with van der Waals surface area (Å²) >= 11 is 1.85. The Morgan fingerprint density at radius 1 is 0.685 bits per heavy atom. The predicted molar refractivity (Wildman–Crippen MR) is 233 cm³/mol. The van der Waals surface area contributed by atoms with Gasteiger partial charge >= 0.3 is 0 Å². The Balaban J connectivity index is 1.14. The minimum absolute atomic E-state index is 0.162. The molecule has 54 heavy (non-hydrogen) atoms. The van der Waals surface area contributed by atoms with Crippen molar-refractivity contribution in [1.82, 2.24) is 4.57 Å². The number of thiophene rings is 1. The molecule has 258 valence electrons. The largest absolute Gasteiger partial charge is 0.309 e. The lowest BCUT2D eigenvalue weighted by Crippen LogP contribution is -2.42. The summed E-state index contributed by atoms with van der Waals surface area (Å²) in [5.41, 5.74) is 13.8. The van der Waals surface area contributed by atoms with E-state index in [0.717, 1.165) is 12.1 Å². The SMILES string of the molecule is C=Cc1c(/C=C\C)sc2c(-c3ccc4c(c3)c3ccccc3n4-c3ccc(C4=c5ccccc5=C(c5ccccc5)C5=CC=CCC54C)cc3)cccc12. The highest BCUT2D eigenvalue weighted by atomic mass is 32.1. The van der Waals surface area contributed by atoms with Crippen molar-refractivity contribution in [1.29, 1.82) is 0 Å². The number of allylic oxidation sites excluding steroid dienone is 5. The zero-order valence-corrected chi connectivity index (χ0v) is 31.3. The lowest BCUT2D eigenvalue weighted by Gasteiger charge is -2.40. The summed E-state index contributed by atoms with van der Waals surface area (Å²) in [6, 6.07) is 51.7. The first-order valence-electron chi connectivity index (χ1n) is 18.8. The molecule has 1 nitrogen and oxygen atoms in total. The molecular weight excluding hydrogens is 671 g/mol. The molecule has 0 saturated heterocycles. The molecule has 1 atom stereocenters. The van der Waals surface area contributed by atoms with E-state index >= 15 is 0 Å². The van der Waals surface area contributed by atoms with Crippen LogP contribution in [0.25, 0.3) is 72.0 Å². The molecule has 2 aromatic heterocycles. The molecule has 6 aromatic carbocycles. The van der Waals surface area contributed by atoms with Crippen LogP contribution in [0.4, 0.5) is 0 Å². The van der Waals surface area contributed by atoms with Gasteiger partial charge in [0.2, 0.25) is 0 Å². The van der Waals surface area contributed by atoms with Crippen LogP contribution in [0.15, 0.2) is 176 Å². The smallest absolute Gasteiger partial charge is 0.0541 e. The van der Waals surface area contributed by atoms with Crippen molar-refractivity contribution in [2.45, 2.75) is 20.3 Å². The second kappa shape index (κ2) is 12.7. The third kappa shape index (κ3) is 4.84. The van der Waals surface area contributed by atoms with E-state index in [1.165, 1.54) is 91.7 Å². The van der Waals surface area contributed by atoms with E-state index in [1.807, 2.05) is 17.4 Å². The first-order chi connectivity index (χ1) is 26.6. The standard InChI is InChI=1S/C52H39NS/c1-4-16-48-38(5-2)43-23-15-22-39(51(43)54-48)36-28-31-47-44(33-36)40-19-11-12-25-46(40)53(47)37-29-26-35(27-30-37)50-42-21-10-9-20-41(42)49(34-17-7-6-8-18-34)45-24-13-14-32-52(45,50)3/h4-31,33H,2,32H2,1,3H3/b16-4-. The van der Waals surface area contributed by atoms with Gasteiger partial charge in [0.15, 0.2) is 0 Å². The maximum absolute atomic E-state index is 4.15. The van der Waals surface area contributed by atoms with Gasteiger partial charge in [-0.25, -0.2) is 0 Å². The van der Waals surface area contributed by atoms with Crippen LogP contribution in [0.5, 0.6) is 0 Å². The number of nitrogens with zero attached hydrogens (tertiary/aromatic N) is 1. The van der Waals surface area contributed by atoms with Crippen molar-refractivity contribution >= 4 is 66.5 Å². The quantitative estimate of drug-likeness (QED) is 0.162. The zero-order valence-electron chi connectivity index (χ0n) is 30.5. The van der Waals surface area contributed by atoms with Crippen LogP contribution in [0, 0.1) is 5.41 Å². The van der Waals surface area contributed by atoms with Gasteiger partial charge in [0, 0.05) is 36.8 Å². The number of fused-ring (bicyclic) bond motifs is 6. The number of rotatable bonds is 6. The highest BCUT2D eigenvalue weighted by Crippen LogP contribution is 2.50. The fraction of sp³-hybridized carbons (Fsp3) is 0.0769. The van der Waals surface area contributed by atoms with Crippen LogP contribution < -0.4 is 10.4 Å². The van der Waals surface area contributed by atoms with Gasteiger partial charge in [-0.15, -0.1) is 11.3 Å². The third-order valence-electron chi connectivity index (χ3n) is 11.6. The molecule has 0 bridgehead atoms. The summed E-state index contributed by atoms with van der Waals surface area (Å²) in [7, 11) is 0.